The van der Waals surface area contributed by atoms with Gasteiger partial charge in [-0.1, -0.05) is 18.2 Å². The smallest absolute Gasteiger partial charge is 0.224 e. The summed E-state index contributed by atoms with van der Waals surface area (Å²) in [4.78, 5) is 17.9. The molecule has 27 heavy (non-hydrogen) atoms. The lowest BCUT2D eigenvalue weighted by molar-refractivity contribution is -0.120. The summed E-state index contributed by atoms with van der Waals surface area (Å²) in [7, 11) is 0. The van der Waals surface area contributed by atoms with E-state index in [1.54, 1.807) is 0 Å². The third-order valence-electron chi connectivity index (χ3n) is 4.99. The number of rotatable bonds is 5. The van der Waals surface area contributed by atoms with Gasteiger partial charge in [0.1, 0.15) is 0 Å². The van der Waals surface area contributed by atoms with Gasteiger partial charge in [0.25, 0.3) is 0 Å². The Morgan fingerprint density at radius 2 is 1.81 bits per heavy atom. The van der Waals surface area contributed by atoms with Gasteiger partial charge < -0.3 is 19.9 Å². The molecule has 0 radical (unpaired) electrons. The number of benzene rings is 2. The Hall–Kier alpha value is -2.79. The highest BCUT2D eigenvalue weighted by atomic mass is 16.5. The van der Waals surface area contributed by atoms with Crippen LogP contribution in [0, 0.1) is 6.92 Å². The first-order valence-corrected chi connectivity index (χ1v) is 9.44. The highest BCUT2D eigenvalue weighted by Gasteiger charge is 2.11. The second-order valence-corrected chi connectivity index (χ2v) is 7.09. The maximum Gasteiger partial charge on any atom is 0.224 e. The number of H-pyrrole nitrogens is 1. The van der Waals surface area contributed by atoms with Crippen LogP contribution in [0.4, 0.5) is 5.69 Å². The second kappa shape index (κ2) is 7.84. The van der Waals surface area contributed by atoms with Crippen molar-refractivity contribution in [2.45, 2.75) is 19.9 Å². The van der Waals surface area contributed by atoms with Crippen molar-refractivity contribution in [1.29, 1.82) is 0 Å². The molecule has 0 aliphatic carbocycles. The maximum atomic E-state index is 12.3. The molecule has 3 aromatic rings. The molecule has 5 heteroatoms. The Morgan fingerprint density at radius 1 is 1.07 bits per heavy atom. The molecule has 5 nitrogen and oxygen atoms in total. The third-order valence-corrected chi connectivity index (χ3v) is 4.99. The molecular formula is C22H25N3O2. The van der Waals surface area contributed by atoms with Gasteiger partial charge in [-0.15, -0.1) is 0 Å². The van der Waals surface area contributed by atoms with E-state index in [0.29, 0.717) is 13.0 Å². The SMILES string of the molecule is Cc1cc2cc(CNC(=O)Cc3ccc(N4CCOCC4)cc3)ccc2[nH]1. The molecule has 140 valence electrons. The lowest BCUT2D eigenvalue weighted by Gasteiger charge is -2.28. The fourth-order valence-electron chi connectivity index (χ4n) is 3.53. The Morgan fingerprint density at radius 3 is 2.59 bits per heavy atom. The number of carbonyl (C=O) groups excluding carboxylic acids is 1. The van der Waals surface area contributed by atoms with Crippen molar-refractivity contribution in [1.82, 2.24) is 10.3 Å². The van der Waals surface area contributed by atoms with Crippen LogP contribution in [0.2, 0.25) is 0 Å². The van der Waals surface area contributed by atoms with Crippen LogP contribution in [0.1, 0.15) is 16.8 Å². The number of nitrogens with zero attached hydrogens (tertiary/aromatic N) is 1. The topological polar surface area (TPSA) is 57.4 Å². The first-order chi connectivity index (χ1) is 13.2. The van der Waals surface area contributed by atoms with Gasteiger partial charge in [-0.25, -0.2) is 0 Å². The monoisotopic (exact) mass is 363 g/mol. The molecule has 1 aliphatic rings. The van der Waals surface area contributed by atoms with E-state index >= 15 is 0 Å². The highest BCUT2D eigenvalue weighted by Crippen LogP contribution is 2.18. The van der Waals surface area contributed by atoms with Crippen molar-refractivity contribution in [3.05, 3.63) is 65.4 Å². The summed E-state index contributed by atoms with van der Waals surface area (Å²) in [6.45, 7) is 5.99. The molecule has 2 heterocycles. The zero-order valence-corrected chi connectivity index (χ0v) is 15.6. The standard InChI is InChI=1S/C22H25N3O2/c1-16-12-19-13-18(4-7-21(19)24-16)15-23-22(26)14-17-2-5-20(6-3-17)25-8-10-27-11-9-25/h2-7,12-13,24H,8-11,14-15H2,1H3,(H,23,26). The zero-order valence-electron chi connectivity index (χ0n) is 15.6. The predicted molar refractivity (Wildman–Crippen MR) is 108 cm³/mol. The second-order valence-electron chi connectivity index (χ2n) is 7.09. The molecule has 0 spiro atoms. The highest BCUT2D eigenvalue weighted by molar-refractivity contribution is 5.82. The fourth-order valence-corrected chi connectivity index (χ4v) is 3.53. The van der Waals surface area contributed by atoms with Gasteiger partial charge in [0.15, 0.2) is 0 Å². The lowest BCUT2D eigenvalue weighted by Crippen LogP contribution is -2.36. The van der Waals surface area contributed by atoms with Crippen LogP contribution in [0.3, 0.4) is 0 Å². The molecule has 1 saturated heterocycles. The van der Waals surface area contributed by atoms with E-state index in [9.17, 15) is 4.79 Å². The number of nitrogens with one attached hydrogen (secondary N) is 2. The molecule has 1 amide bonds. The summed E-state index contributed by atoms with van der Waals surface area (Å²) >= 11 is 0. The van der Waals surface area contributed by atoms with Crippen molar-refractivity contribution in [3.8, 4) is 0 Å². The molecule has 1 fully saturated rings. The maximum absolute atomic E-state index is 12.3. The minimum absolute atomic E-state index is 0.0412. The minimum atomic E-state index is 0.0412. The van der Waals surface area contributed by atoms with Crippen molar-refractivity contribution in [2.75, 3.05) is 31.2 Å². The lowest BCUT2D eigenvalue weighted by atomic mass is 10.1. The Balaban J connectivity index is 1.31. The predicted octanol–water partition coefficient (Wildman–Crippen LogP) is 3.17. The number of morpholine rings is 1. The summed E-state index contributed by atoms with van der Waals surface area (Å²) in [5.74, 6) is 0.0412. The number of ether oxygens (including phenoxy) is 1. The van der Waals surface area contributed by atoms with Gasteiger partial charge in [-0.2, -0.15) is 0 Å². The van der Waals surface area contributed by atoms with E-state index < -0.39 is 0 Å². The largest absolute Gasteiger partial charge is 0.378 e. The molecule has 1 aliphatic heterocycles. The number of hydrogen-bond donors (Lipinski definition) is 2. The number of carbonyl (C=O) groups is 1. The van der Waals surface area contributed by atoms with Crippen molar-refractivity contribution < 1.29 is 9.53 Å². The molecule has 0 atom stereocenters. The summed E-state index contributed by atoms with van der Waals surface area (Å²) in [6.07, 6.45) is 0.398. The molecule has 4 rings (SSSR count). The average molecular weight is 363 g/mol. The number of fused-ring (bicyclic) bond motifs is 1. The first kappa shape index (κ1) is 17.6. The molecule has 2 N–H and O–H groups in total. The molecule has 0 bridgehead atoms. The summed E-state index contributed by atoms with van der Waals surface area (Å²) in [6, 6.07) is 16.6. The van der Waals surface area contributed by atoms with Crippen LogP contribution in [0.5, 0.6) is 0 Å². The number of anilines is 1. The van der Waals surface area contributed by atoms with E-state index in [1.807, 2.05) is 19.1 Å². The molecule has 0 unspecified atom stereocenters. The van der Waals surface area contributed by atoms with Crippen LogP contribution < -0.4 is 10.2 Å². The molecule has 0 saturated carbocycles. The van der Waals surface area contributed by atoms with E-state index in [-0.39, 0.29) is 5.91 Å². The molecular weight excluding hydrogens is 338 g/mol. The number of aromatic amines is 1. The van der Waals surface area contributed by atoms with E-state index in [0.717, 1.165) is 48.6 Å². The Bertz CT molecular complexity index is 924. The normalized spacial score (nSPS) is 14.5. The van der Waals surface area contributed by atoms with E-state index in [1.165, 1.54) is 11.1 Å². The fraction of sp³-hybridized carbons (Fsp3) is 0.318. The Kier molecular flexibility index (Phi) is 5.12. The van der Waals surface area contributed by atoms with Crippen LogP contribution in [0.15, 0.2) is 48.5 Å². The molecule has 1 aromatic heterocycles. The number of aryl methyl sites for hydroxylation is 1. The van der Waals surface area contributed by atoms with Gasteiger partial charge in [-0.3, -0.25) is 4.79 Å². The summed E-state index contributed by atoms with van der Waals surface area (Å²) in [5.41, 5.74) is 5.60. The van der Waals surface area contributed by atoms with Crippen LogP contribution in [-0.2, 0) is 22.5 Å². The van der Waals surface area contributed by atoms with Crippen molar-refractivity contribution in [2.24, 2.45) is 0 Å². The number of amides is 1. The first-order valence-electron chi connectivity index (χ1n) is 9.44. The average Bonchev–Trinajstić information content (AvgIpc) is 3.07. The van der Waals surface area contributed by atoms with Crippen LogP contribution in [0.25, 0.3) is 10.9 Å². The van der Waals surface area contributed by atoms with Crippen LogP contribution >= 0.6 is 0 Å². The zero-order chi connectivity index (χ0) is 18.6. The van der Waals surface area contributed by atoms with E-state index in [2.05, 4.69) is 51.6 Å². The van der Waals surface area contributed by atoms with Crippen LogP contribution in [-0.4, -0.2) is 37.2 Å². The van der Waals surface area contributed by atoms with Gasteiger partial charge in [0.2, 0.25) is 5.91 Å². The summed E-state index contributed by atoms with van der Waals surface area (Å²) in [5, 5.41) is 4.20. The number of hydrogen-bond acceptors (Lipinski definition) is 3. The van der Waals surface area contributed by atoms with Gasteiger partial charge >= 0.3 is 0 Å². The summed E-state index contributed by atoms with van der Waals surface area (Å²) < 4.78 is 5.39. The van der Waals surface area contributed by atoms with Crippen molar-refractivity contribution in [3.63, 3.8) is 0 Å². The van der Waals surface area contributed by atoms with Crippen molar-refractivity contribution >= 4 is 22.5 Å². The quantitative estimate of drug-likeness (QED) is 0.732. The Labute approximate surface area is 159 Å². The van der Waals surface area contributed by atoms with Gasteiger partial charge in [0, 0.05) is 36.5 Å². The minimum Gasteiger partial charge on any atom is -0.378 e. The van der Waals surface area contributed by atoms with Gasteiger partial charge in [-0.05, 0) is 53.8 Å². The third kappa shape index (κ3) is 4.31. The van der Waals surface area contributed by atoms with Gasteiger partial charge in [0.05, 0.1) is 19.6 Å². The number of aromatic nitrogens is 1. The van der Waals surface area contributed by atoms with E-state index in [4.69, 9.17) is 4.74 Å². The molecule has 2 aromatic carbocycles.